The van der Waals surface area contributed by atoms with Crippen LogP contribution in [0.25, 0.3) is 10.2 Å². The van der Waals surface area contributed by atoms with Gasteiger partial charge in [0.25, 0.3) is 0 Å². The van der Waals surface area contributed by atoms with E-state index in [1.165, 1.54) is 22.5 Å². The lowest BCUT2D eigenvalue weighted by Gasteiger charge is -2.34. The zero-order chi connectivity index (χ0) is 18.6. The van der Waals surface area contributed by atoms with Crippen LogP contribution in [0.3, 0.4) is 0 Å². The fraction of sp³-hybridized carbons (Fsp3) is 0.333. The van der Waals surface area contributed by atoms with Crippen LogP contribution in [0.5, 0.6) is 0 Å². The molecule has 1 amide bonds. The van der Waals surface area contributed by atoms with Crippen molar-refractivity contribution in [3.05, 3.63) is 59.7 Å². The van der Waals surface area contributed by atoms with Gasteiger partial charge >= 0.3 is 0 Å². The molecule has 2 heterocycles. The number of carbonyl (C=O) groups is 1. The van der Waals surface area contributed by atoms with Gasteiger partial charge in [-0.25, -0.2) is 4.98 Å². The van der Waals surface area contributed by atoms with Crippen LogP contribution < -0.4 is 5.32 Å². The van der Waals surface area contributed by atoms with E-state index in [4.69, 9.17) is 0 Å². The number of thiazole rings is 1. The molecule has 2 aromatic carbocycles. The number of nitrogens with one attached hydrogen (secondary N) is 1. The second-order valence-electron chi connectivity index (χ2n) is 7.08. The van der Waals surface area contributed by atoms with Gasteiger partial charge in [-0.05, 0) is 30.2 Å². The van der Waals surface area contributed by atoms with Gasteiger partial charge in [-0.15, -0.1) is 0 Å². The van der Waals surface area contributed by atoms with E-state index >= 15 is 0 Å². The van der Waals surface area contributed by atoms with Gasteiger partial charge in [0.1, 0.15) is 0 Å². The van der Waals surface area contributed by atoms with Gasteiger partial charge in [-0.1, -0.05) is 47.7 Å². The molecular weight excluding hydrogens is 356 g/mol. The molecule has 0 bridgehead atoms. The van der Waals surface area contributed by atoms with Gasteiger partial charge in [0.2, 0.25) is 5.91 Å². The van der Waals surface area contributed by atoms with Crippen molar-refractivity contribution in [2.75, 3.05) is 38.0 Å². The average Bonchev–Trinajstić information content (AvgIpc) is 3.05. The molecule has 0 unspecified atom stereocenters. The van der Waals surface area contributed by atoms with Gasteiger partial charge in [0.05, 0.1) is 16.8 Å². The van der Waals surface area contributed by atoms with Crippen molar-refractivity contribution < 1.29 is 4.79 Å². The summed E-state index contributed by atoms with van der Waals surface area (Å²) in [7, 11) is 0. The van der Waals surface area contributed by atoms with Gasteiger partial charge in [0.15, 0.2) is 5.13 Å². The summed E-state index contributed by atoms with van der Waals surface area (Å²) in [6.07, 6.45) is 0. The molecule has 140 valence electrons. The number of piperazine rings is 1. The number of anilines is 1. The molecule has 1 aliphatic heterocycles. The molecule has 0 radical (unpaired) electrons. The van der Waals surface area contributed by atoms with Crippen molar-refractivity contribution in [1.82, 2.24) is 14.8 Å². The molecule has 6 heteroatoms. The number of amides is 1. The van der Waals surface area contributed by atoms with Crippen LogP contribution in [-0.4, -0.2) is 53.4 Å². The highest BCUT2D eigenvalue weighted by molar-refractivity contribution is 7.22. The highest BCUT2D eigenvalue weighted by Crippen LogP contribution is 2.26. The third kappa shape index (κ3) is 4.71. The number of hydrogen-bond acceptors (Lipinski definition) is 5. The summed E-state index contributed by atoms with van der Waals surface area (Å²) in [6, 6.07) is 16.7. The number of hydrogen-bond donors (Lipinski definition) is 1. The minimum atomic E-state index is 0.0160. The summed E-state index contributed by atoms with van der Waals surface area (Å²) >= 11 is 1.53. The third-order valence-corrected chi connectivity index (χ3v) is 5.81. The number of benzene rings is 2. The molecular formula is C21H24N4OS. The molecule has 0 atom stereocenters. The van der Waals surface area contributed by atoms with E-state index in [1.807, 2.05) is 18.2 Å². The van der Waals surface area contributed by atoms with Crippen LogP contribution in [0.4, 0.5) is 5.13 Å². The Balaban J connectivity index is 1.26. The minimum Gasteiger partial charge on any atom is -0.301 e. The van der Waals surface area contributed by atoms with Crippen molar-refractivity contribution in [2.45, 2.75) is 13.5 Å². The average molecular weight is 381 g/mol. The van der Waals surface area contributed by atoms with E-state index in [-0.39, 0.29) is 5.91 Å². The van der Waals surface area contributed by atoms with Crippen LogP contribution in [0.2, 0.25) is 0 Å². The van der Waals surface area contributed by atoms with E-state index < -0.39 is 0 Å². The number of carbonyl (C=O) groups excluding carboxylic acids is 1. The highest BCUT2D eigenvalue weighted by Gasteiger charge is 2.19. The van der Waals surface area contributed by atoms with Crippen LogP contribution in [0.15, 0.2) is 48.5 Å². The topological polar surface area (TPSA) is 48.5 Å². The highest BCUT2D eigenvalue weighted by atomic mass is 32.1. The molecule has 1 saturated heterocycles. The Morgan fingerprint density at radius 2 is 1.81 bits per heavy atom. The zero-order valence-electron chi connectivity index (χ0n) is 15.5. The van der Waals surface area contributed by atoms with Gasteiger partial charge < -0.3 is 5.32 Å². The van der Waals surface area contributed by atoms with Crippen LogP contribution in [0, 0.1) is 6.92 Å². The minimum absolute atomic E-state index is 0.0160. The monoisotopic (exact) mass is 380 g/mol. The smallest absolute Gasteiger partial charge is 0.240 e. The second kappa shape index (κ2) is 8.17. The maximum atomic E-state index is 12.4. The predicted molar refractivity (Wildman–Crippen MR) is 111 cm³/mol. The number of fused-ring (bicyclic) bond motifs is 1. The summed E-state index contributed by atoms with van der Waals surface area (Å²) in [5, 5.41) is 3.65. The summed E-state index contributed by atoms with van der Waals surface area (Å²) in [4.78, 5) is 21.6. The predicted octanol–water partition coefficient (Wildman–Crippen LogP) is 3.36. The molecule has 3 aromatic rings. The lowest BCUT2D eigenvalue weighted by Crippen LogP contribution is -2.48. The largest absolute Gasteiger partial charge is 0.301 e. The van der Waals surface area contributed by atoms with E-state index in [2.05, 4.69) is 57.4 Å². The van der Waals surface area contributed by atoms with Crippen LogP contribution in [-0.2, 0) is 11.3 Å². The molecule has 5 nitrogen and oxygen atoms in total. The second-order valence-corrected chi connectivity index (χ2v) is 8.11. The Hall–Kier alpha value is -2.28. The van der Waals surface area contributed by atoms with Gasteiger partial charge in [-0.2, -0.15) is 0 Å². The lowest BCUT2D eigenvalue weighted by atomic mass is 10.2. The van der Waals surface area contributed by atoms with Crippen LogP contribution in [0.1, 0.15) is 11.1 Å². The lowest BCUT2D eigenvalue weighted by molar-refractivity contribution is -0.117. The van der Waals surface area contributed by atoms with E-state index in [1.54, 1.807) is 0 Å². The number of aryl methyl sites for hydroxylation is 1. The van der Waals surface area contributed by atoms with Crippen molar-refractivity contribution in [3.63, 3.8) is 0 Å². The van der Waals surface area contributed by atoms with Crippen LogP contribution >= 0.6 is 11.3 Å². The molecule has 0 aliphatic carbocycles. The molecule has 0 spiro atoms. The molecule has 0 saturated carbocycles. The van der Waals surface area contributed by atoms with Crippen molar-refractivity contribution in [2.24, 2.45) is 0 Å². The number of nitrogens with zero attached hydrogens (tertiary/aromatic N) is 3. The standard InChI is InChI=1S/C21H24N4OS/c1-16-7-8-18-19(13-16)27-21(22-18)23-20(26)15-25-11-9-24(10-12-25)14-17-5-3-2-4-6-17/h2-8,13H,9-12,14-15H2,1H3,(H,22,23,26). The molecule has 1 aliphatic rings. The van der Waals surface area contributed by atoms with Gasteiger partial charge in [-0.3, -0.25) is 14.6 Å². The van der Waals surface area contributed by atoms with E-state index in [0.29, 0.717) is 11.7 Å². The normalized spacial score (nSPS) is 15.9. The molecule has 1 aromatic heterocycles. The van der Waals surface area contributed by atoms with E-state index in [0.717, 1.165) is 42.9 Å². The van der Waals surface area contributed by atoms with Crippen molar-refractivity contribution in [1.29, 1.82) is 0 Å². The summed E-state index contributed by atoms with van der Waals surface area (Å²) in [6.45, 7) is 7.28. The molecule has 1 fully saturated rings. The van der Waals surface area contributed by atoms with Crippen molar-refractivity contribution >= 4 is 32.6 Å². The summed E-state index contributed by atoms with van der Waals surface area (Å²) in [5.74, 6) is 0.0160. The molecule has 4 rings (SSSR count). The Morgan fingerprint density at radius 3 is 2.59 bits per heavy atom. The maximum Gasteiger partial charge on any atom is 0.240 e. The van der Waals surface area contributed by atoms with E-state index in [9.17, 15) is 4.79 Å². The summed E-state index contributed by atoms with van der Waals surface area (Å²) in [5.41, 5.74) is 3.49. The first kappa shape index (κ1) is 18.1. The molecule has 1 N–H and O–H groups in total. The Bertz CT molecular complexity index is 916. The van der Waals surface area contributed by atoms with Gasteiger partial charge in [0, 0.05) is 32.7 Å². The van der Waals surface area contributed by atoms with Crippen molar-refractivity contribution in [3.8, 4) is 0 Å². The summed E-state index contributed by atoms with van der Waals surface area (Å²) < 4.78 is 1.11. The number of aromatic nitrogens is 1. The quantitative estimate of drug-likeness (QED) is 0.737. The Kier molecular flexibility index (Phi) is 5.48. The fourth-order valence-electron chi connectivity index (χ4n) is 3.39. The first-order valence-electron chi connectivity index (χ1n) is 9.31. The zero-order valence-corrected chi connectivity index (χ0v) is 16.3. The molecule has 27 heavy (non-hydrogen) atoms. The Labute approximate surface area is 163 Å². The third-order valence-electron chi connectivity index (χ3n) is 4.87. The number of rotatable bonds is 5. The maximum absolute atomic E-state index is 12.4. The fourth-order valence-corrected chi connectivity index (χ4v) is 4.37. The SMILES string of the molecule is Cc1ccc2nc(NC(=O)CN3CCN(Cc4ccccc4)CC3)sc2c1. The Morgan fingerprint density at radius 1 is 1.07 bits per heavy atom. The first-order valence-corrected chi connectivity index (χ1v) is 10.1. The first-order chi connectivity index (χ1) is 13.2.